The predicted octanol–water partition coefficient (Wildman–Crippen LogP) is 12.4. The summed E-state index contributed by atoms with van der Waals surface area (Å²) >= 11 is 0. The molecule has 0 aliphatic carbocycles. The molecule has 0 heterocycles. The van der Waals surface area contributed by atoms with Crippen molar-refractivity contribution in [3.8, 4) is 0 Å². The smallest absolute Gasteiger partial charge is 0.308 e. The molecule has 53 heavy (non-hydrogen) atoms. The summed E-state index contributed by atoms with van der Waals surface area (Å²) in [6.45, 7) is 13.3. The lowest BCUT2D eigenvalue weighted by Crippen LogP contribution is -2.30. The zero-order valence-electron chi connectivity index (χ0n) is 35.9. The van der Waals surface area contributed by atoms with Crippen LogP contribution in [0.25, 0.3) is 0 Å². The van der Waals surface area contributed by atoms with E-state index in [4.69, 9.17) is 14.2 Å². The van der Waals surface area contributed by atoms with Gasteiger partial charge in [-0.15, -0.1) is 0 Å². The minimum absolute atomic E-state index is 0.0474. The average molecular weight is 748 g/mol. The van der Waals surface area contributed by atoms with Crippen LogP contribution in [0.2, 0.25) is 0 Å². The Balaban J connectivity index is 4.49. The van der Waals surface area contributed by atoms with Gasteiger partial charge < -0.3 is 19.1 Å². The second-order valence-electron chi connectivity index (χ2n) is 16.7. The summed E-state index contributed by atoms with van der Waals surface area (Å²) < 4.78 is 16.7. The lowest BCUT2D eigenvalue weighted by atomic mass is 9.84. The molecular formula is C46H85NO6. The Bertz CT molecular complexity index is 890. The first kappa shape index (κ1) is 50.9. The third-order valence-electron chi connectivity index (χ3n) is 9.85. The second-order valence-corrected chi connectivity index (χ2v) is 16.7. The Morgan fingerprint density at radius 3 is 1.47 bits per heavy atom. The summed E-state index contributed by atoms with van der Waals surface area (Å²) in [7, 11) is 4.20. The van der Waals surface area contributed by atoms with E-state index in [1.807, 2.05) is 12.2 Å². The number of hydrogen-bond donors (Lipinski definition) is 0. The van der Waals surface area contributed by atoms with Gasteiger partial charge in [-0.3, -0.25) is 14.4 Å². The number of carbonyl (C=O) groups is 3. The van der Waals surface area contributed by atoms with E-state index in [1.165, 1.54) is 51.4 Å². The van der Waals surface area contributed by atoms with E-state index in [0.717, 1.165) is 103 Å². The van der Waals surface area contributed by atoms with Gasteiger partial charge in [0.15, 0.2) is 0 Å². The molecule has 0 saturated carbocycles. The van der Waals surface area contributed by atoms with Crippen LogP contribution in [0.5, 0.6) is 0 Å². The Labute approximate surface area is 327 Å². The standard InChI is InChI=1S/C46H85NO6/c1-8-10-12-14-16-24-30-36-51-43(48)34-28-22-18-20-26-32-42(45(50)53-40-46(4,5)38-41(3)39-47(6)7)33-27-21-19-23-29-35-44(49)52-37-31-25-17-15-13-11-9-2/h24-25,30-31,41-42H,8-23,26-29,32-40H2,1-7H3/b30-24-,31-25-. The second kappa shape index (κ2) is 35.5. The van der Waals surface area contributed by atoms with Gasteiger partial charge in [-0.05, 0) is 83.2 Å². The third kappa shape index (κ3) is 35.3. The minimum Gasteiger partial charge on any atom is -0.465 e. The summed E-state index contributed by atoms with van der Waals surface area (Å²) in [4.78, 5) is 39.7. The summed E-state index contributed by atoms with van der Waals surface area (Å²) in [5.41, 5.74) is -0.0625. The number of nitrogens with zero attached hydrogens (tertiary/aromatic N) is 1. The van der Waals surface area contributed by atoms with E-state index in [-0.39, 0.29) is 29.2 Å². The van der Waals surface area contributed by atoms with Crippen LogP contribution < -0.4 is 0 Å². The number of ether oxygens (including phenoxy) is 3. The minimum atomic E-state index is -0.112. The molecule has 0 bridgehead atoms. The van der Waals surface area contributed by atoms with Crippen LogP contribution >= 0.6 is 0 Å². The Kier molecular flexibility index (Phi) is 34.1. The molecule has 0 radical (unpaired) electrons. The number of esters is 3. The normalized spacial score (nSPS) is 12.7. The van der Waals surface area contributed by atoms with Crippen molar-refractivity contribution in [1.82, 2.24) is 4.90 Å². The fourth-order valence-electron chi connectivity index (χ4n) is 7.01. The third-order valence-corrected chi connectivity index (χ3v) is 9.85. The van der Waals surface area contributed by atoms with E-state index in [1.54, 1.807) is 0 Å². The van der Waals surface area contributed by atoms with Crippen LogP contribution in [0.4, 0.5) is 0 Å². The molecule has 1 unspecified atom stereocenters. The van der Waals surface area contributed by atoms with E-state index in [0.29, 0.717) is 38.6 Å². The maximum atomic E-state index is 13.4. The van der Waals surface area contributed by atoms with Gasteiger partial charge in [0.25, 0.3) is 0 Å². The van der Waals surface area contributed by atoms with E-state index >= 15 is 0 Å². The molecule has 0 aromatic rings. The maximum Gasteiger partial charge on any atom is 0.308 e. The molecule has 0 N–H and O–H groups in total. The van der Waals surface area contributed by atoms with E-state index < -0.39 is 0 Å². The van der Waals surface area contributed by atoms with E-state index in [9.17, 15) is 14.4 Å². The first-order valence-electron chi connectivity index (χ1n) is 21.9. The molecule has 310 valence electrons. The molecule has 0 fully saturated rings. The molecule has 1 atom stereocenters. The highest BCUT2D eigenvalue weighted by molar-refractivity contribution is 5.72. The summed E-state index contributed by atoms with van der Waals surface area (Å²) in [5.74, 6) is 0.183. The molecule has 0 saturated heterocycles. The van der Waals surface area contributed by atoms with Crippen LogP contribution in [-0.4, -0.2) is 63.3 Å². The van der Waals surface area contributed by atoms with Crippen LogP contribution in [0.15, 0.2) is 24.3 Å². The van der Waals surface area contributed by atoms with Crippen molar-refractivity contribution in [2.75, 3.05) is 40.5 Å². The van der Waals surface area contributed by atoms with Gasteiger partial charge in [0, 0.05) is 19.4 Å². The fourth-order valence-corrected chi connectivity index (χ4v) is 7.01. The van der Waals surface area contributed by atoms with Crippen LogP contribution in [0.1, 0.15) is 195 Å². The van der Waals surface area contributed by atoms with Crippen molar-refractivity contribution in [3.05, 3.63) is 24.3 Å². The van der Waals surface area contributed by atoms with Crippen molar-refractivity contribution < 1.29 is 28.6 Å². The van der Waals surface area contributed by atoms with Gasteiger partial charge in [-0.1, -0.05) is 149 Å². The molecule has 0 amide bonds. The van der Waals surface area contributed by atoms with Crippen LogP contribution in [-0.2, 0) is 28.6 Å². The Morgan fingerprint density at radius 1 is 0.585 bits per heavy atom. The largest absolute Gasteiger partial charge is 0.465 e. The van der Waals surface area contributed by atoms with Crippen molar-refractivity contribution in [2.24, 2.45) is 17.3 Å². The highest BCUT2D eigenvalue weighted by Crippen LogP contribution is 2.28. The molecule has 0 aliphatic rings. The van der Waals surface area contributed by atoms with Gasteiger partial charge in [-0.25, -0.2) is 0 Å². The lowest BCUT2D eigenvalue weighted by Gasteiger charge is -2.29. The molecule has 0 spiro atoms. The topological polar surface area (TPSA) is 82.1 Å². The summed E-state index contributed by atoms with van der Waals surface area (Å²) in [6.07, 6.45) is 33.8. The van der Waals surface area contributed by atoms with Gasteiger partial charge in [0.1, 0.15) is 13.2 Å². The van der Waals surface area contributed by atoms with E-state index in [2.05, 4.69) is 65.8 Å². The lowest BCUT2D eigenvalue weighted by molar-refractivity contribution is -0.152. The quantitative estimate of drug-likeness (QED) is 0.0271. The SMILES string of the molecule is CCCCCC/C=C\COC(=O)CCCCCCCC(CCCCCCCC(=O)OC/C=C\CCCCCC)C(=O)OCC(C)(C)CC(C)CN(C)C. The number of unbranched alkanes of at least 4 members (excludes halogenated alkanes) is 16. The molecule has 0 aromatic heterocycles. The molecule has 0 aliphatic heterocycles. The van der Waals surface area contributed by atoms with Gasteiger partial charge in [0.2, 0.25) is 0 Å². The number of hydrogen-bond acceptors (Lipinski definition) is 7. The van der Waals surface area contributed by atoms with Crippen LogP contribution in [0.3, 0.4) is 0 Å². The first-order chi connectivity index (χ1) is 25.5. The Morgan fingerprint density at radius 2 is 1.02 bits per heavy atom. The molecular weight excluding hydrogens is 663 g/mol. The average Bonchev–Trinajstić information content (AvgIpc) is 3.10. The number of carbonyl (C=O) groups excluding carboxylic acids is 3. The monoisotopic (exact) mass is 748 g/mol. The van der Waals surface area contributed by atoms with Gasteiger partial charge in [-0.2, -0.15) is 0 Å². The van der Waals surface area contributed by atoms with Crippen molar-refractivity contribution in [1.29, 1.82) is 0 Å². The van der Waals surface area contributed by atoms with Crippen LogP contribution in [0, 0.1) is 17.3 Å². The fraction of sp³-hybridized carbons (Fsp3) is 0.848. The molecule has 7 nitrogen and oxygen atoms in total. The number of rotatable bonds is 37. The predicted molar refractivity (Wildman–Crippen MR) is 223 cm³/mol. The maximum absolute atomic E-state index is 13.4. The highest BCUT2D eigenvalue weighted by atomic mass is 16.5. The summed E-state index contributed by atoms with van der Waals surface area (Å²) in [5, 5.41) is 0. The first-order valence-corrected chi connectivity index (χ1v) is 21.9. The molecule has 0 aromatic carbocycles. The van der Waals surface area contributed by atoms with Gasteiger partial charge >= 0.3 is 17.9 Å². The molecule has 0 rings (SSSR count). The highest BCUT2D eigenvalue weighted by Gasteiger charge is 2.26. The van der Waals surface area contributed by atoms with Crippen molar-refractivity contribution in [2.45, 2.75) is 195 Å². The zero-order chi connectivity index (χ0) is 39.4. The zero-order valence-corrected chi connectivity index (χ0v) is 35.9. The number of allylic oxidation sites excluding steroid dienone is 2. The van der Waals surface area contributed by atoms with Gasteiger partial charge in [0.05, 0.1) is 12.5 Å². The van der Waals surface area contributed by atoms with Crippen molar-refractivity contribution in [3.63, 3.8) is 0 Å². The summed E-state index contributed by atoms with van der Waals surface area (Å²) in [6, 6.07) is 0. The molecule has 7 heteroatoms. The Hall–Kier alpha value is -2.15. The van der Waals surface area contributed by atoms with Crippen molar-refractivity contribution >= 4 is 17.9 Å².